The fourth-order valence-electron chi connectivity index (χ4n) is 4.40. The first-order chi connectivity index (χ1) is 17.0. The van der Waals surface area contributed by atoms with Gasteiger partial charge in [0.15, 0.2) is 0 Å². The number of aromatic nitrogens is 2. The third-order valence-electron chi connectivity index (χ3n) is 6.14. The quantitative estimate of drug-likeness (QED) is 0.376. The predicted molar refractivity (Wildman–Crippen MR) is 138 cm³/mol. The SMILES string of the molecule is Cc1cccc(CC(=O)Nc2cc(-c3[nH]c4c(c3Nc3ccccc3)C(=O)N(C)CC4)ccn2)c1. The molecule has 2 aromatic heterocycles. The summed E-state index contributed by atoms with van der Waals surface area (Å²) in [5, 5.41) is 6.35. The van der Waals surface area contributed by atoms with Gasteiger partial charge in [0, 0.05) is 43.2 Å². The van der Waals surface area contributed by atoms with E-state index in [0.717, 1.165) is 45.9 Å². The molecule has 35 heavy (non-hydrogen) atoms. The van der Waals surface area contributed by atoms with Crippen molar-refractivity contribution in [2.45, 2.75) is 19.8 Å². The molecule has 1 aliphatic rings. The summed E-state index contributed by atoms with van der Waals surface area (Å²) in [6.45, 7) is 2.67. The van der Waals surface area contributed by atoms with E-state index in [4.69, 9.17) is 0 Å². The standard InChI is InChI=1S/C28H27N5O2/c1-18-7-6-8-19(15-18)16-24(34)32-23-17-20(11-13-29-23)26-27(30-21-9-4-3-5-10-21)25-22(31-26)12-14-33(2)28(25)35/h3-11,13,15,17,30-31H,12,14,16H2,1-2H3,(H,29,32,34). The fourth-order valence-corrected chi connectivity index (χ4v) is 4.40. The Bertz CT molecular complexity index is 1390. The normalized spacial score (nSPS) is 12.9. The topological polar surface area (TPSA) is 90.1 Å². The van der Waals surface area contributed by atoms with Gasteiger partial charge >= 0.3 is 0 Å². The third kappa shape index (κ3) is 4.80. The minimum Gasteiger partial charge on any atom is -0.356 e. The van der Waals surface area contributed by atoms with E-state index in [2.05, 4.69) is 20.6 Å². The molecule has 0 saturated heterocycles. The largest absolute Gasteiger partial charge is 0.356 e. The molecule has 3 heterocycles. The molecular formula is C28H27N5O2. The second kappa shape index (κ2) is 9.46. The summed E-state index contributed by atoms with van der Waals surface area (Å²) < 4.78 is 0. The van der Waals surface area contributed by atoms with Crippen molar-refractivity contribution in [2.24, 2.45) is 0 Å². The summed E-state index contributed by atoms with van der Waals surface area (Å²) in [6, 6.07) is 21.4. The highest BCUT2D eigenvalue weighted by Gasteiger charge is 2.30. The van der Waals surface area contributed by atoms with Crippen LogP contribution >= 0.6 is 0 Å². The lowest BCUT2D eigenvalue weighted by atomic mass is 10.0. The summed E-state index contributed by atoms with van der Waals surface area (Å²) in [5.74, 6) is 0.306. The average molecular weight is 466 g/mol. The summed E-state index contributed by atoms with van der Waals surface area (Å²) in [5.41, 5.74) is 6.86. The van der Waals surface area contributed by atoms with Gasteiger partial charge in [0.2, 0.25) is 5.91 Å². The van der Waals surface area contributed by atoms with Crippen molar-refractivity contribution in [3.05, 3.63) is 95.3 Å². The van der Waals surface area contributed by atoms with Crippen molar-refractivity contribution in [2.75, 3.05) is 24.2 Å². The number of anilines is 3. The zero-order valence-electron chi connectivity index (χ0n) is 19.8. The molecule has 0 bridgehead atoms. The summed E-state index contributed by atoms with van der Waals surface area (Å²) in [4.78, 5) is 35.3. The van der Waals surface area contributed by atoms with Crippen molar-refractivity contribution in [3.8, 4) is 11.3 Å². The lowest BCUT2D eigenvalue weighted by Gasteiger charge is -2.23. The predicted octanol–water partition coefficient (Wildman–Crippen LogP) is 4.94. The Morgan fingerprint density at radius 3 is 2.71 bits per heavy atom. The van der Waals surface area contributed by atoms with Crippen LogP contribution in [0.15, 0.2) is 72.9 Å². The number of nitrogens with one attached hydrogen (secondary N) is 3. The van der Waals surface area contributed by atoms with E-state index >= 15 is 0 Å². The molecule has 0 saturated carbocycles. The Morgan fingerprint density at radius 2 is 1.91 bits per heavy atom. The Balaban J connectivity index is 1.47. The van der Waals surface area contributed by atoms with Gasteiger partial charge in [0.25, 0.3) is 5.91 Å². The summed E-state index contributed by atoms with van der Waals surface area (Å²) in [7, 11) is 1.82. The van der Waals surface area contributed by atoms with Crippen LogP contribution in [0.2, 0.25) is 0 Å². The van der Waals surface area contributed by atoms with Crippen LogP contribution in [0.1, 0.15) is 27.2 Å². The molecule has 0 aliphatic carbocycles. The second-order valence-electron chi connectivity index (χ2n) is 8.84. The molecule has 4 aromatic rings. The third-order valence-corrected chi connectivity index (χ3v) is 6.14. The molecule has 0 spiro atoms. The van der Waals surface area contributed by atoms with Crippen LogP contribution in [0, 0.1) is 6.92 Å². The molecule has 0 unspecified atom stereocenters. The zero-order chi connectivity index (χ0) is 24.4. The van der Waals surface area contributed by atoms with Gasteiger partial charge in [-0.05, 0) is 36.8 Å². The monoisotopic (exact) mass is 465 g/mol. The van der Waals surface area contributed by atoms with Crippen LogP contribution in [-0.2, 0) is 17.6 Å². The molecule has 7 nitrogen and oxygen atoms in total. The van der Waals surface area contributed by atoms with Crippen molar-refractivity contribution in [1.82, 2.24) is 14.9 Å². The van der Waals surface area contributed by atoms with Gasteiger partial charge in [-0.2, -0.15) is 0 Å². The number of nitrogens with zero attached hydrogens (tertiary/aromatic N) is 2. The maximum Gasteiger partial charge on any atom is 0.257 e. The molecule has 0 radical (unpaired) electrons. The van der Waals surface area contributed by atoms with Crippen molar-refractivity contribution in [3.63, 3.8) is 0 Å². The number of aromatic amines is 1. The number of hydrogen-bond donors (Lipinski definition) is 3. The first-order valence-electron chi connectivity index (χ1n) is 11.6. The smallest absolute Gasteiger partial charge is 0.257 e. The van der Waals surface area contributed by atoms with Gasteiger partial charge in [-0.3, -0.25) is 9.59 Å². The molecule has 7 heteroatoms. The van der Waals surface area contributed by atoms with Crippen LogP contribution in [0.5, 0.6) is 0 Å². The lowest BCUT2D eigenvalue weighted by molar-refractivity contribution is -0.115. The number of hydrogen-bond acceptors (Lipinski definition) is 4. The molecular weight excluding hydrogens is 438 g/mol. The number of carbonyl (C=O) groups is 2. The molecule has 1 aliphatic heterocycles. The average Bonchev–Trinajstić information content (AvgIpc) is 3.21. The van der Waals surface area contributed by atoms with Crippen LogP contribution in [-0.4, -0.2) is 40.3 Å². The highest BCUT2D eigenvalue weighted by molar-refractivity contribution is 6.06. The number of fused-ring (bicyclic) bond motifs is 1. The van der Waals surface area contributed by atoms with E-state index in [9.17, 15) is 9.59 Å². The van der Waals surface area contributed by atoms with Crippen LogP contribution < -0.4 is 10.6 Å². The van der Waals surface area contributed by atoms with Gasteiger partial charge in [-0.25, -0.2) is 4.98 Å². The van der Waals surface area contributed by atoms with Gasteiger partial charge in [0.1, 0.15) is 5.82 Å². The maximum absolute atomic E-state index is 13.1. The van der Waals surface area contributed by atoms with E-state index in [0.29, 0.717) is 17.9 Å². The van der Waals surface area contributed by atoms with E-state index in [1.807, 2.05) is 80.7 Å². The van der Waals surface area contributed by atoms with E-state index in [1.54, 1.807) is 11.1 Å². The summed E-state index contributed by atoms with van der Waals surface area (Å²) >= 11 is 0. The first kappa shape index (κ1) is 22.4. The minimum atomic E-state index is -0.134. The number of pyridine rings is 1. The second-order valence-corrected chi connectivity index (χ2v) is 8.84. The summed E-state index contributed by atoms with van der Waals surface area (Å²) in [6.07, 6.45) is 2.68. The van der Waals surface area contributed by atoms with Crippen molar-refractivity contribution < 1.29 is 9.59 Å². The Morgan fingerprint density at radius 1 is 1.09 bits per heavy atom. The van der Waals surface area contributed by atoms with Crippen LogP contribution in [0.4, 0.5) is 17.2 Å². The maximum atomic E-state index is 13.1. The Kier molecular flexibility index (Phi) is 6.06. The Hall–Kier alpha value is -4.39. The van der Waals surface area contributed by atoms with Crippen LogP contribution in [0.3, 0.4) is 0 Å². The van der Waals surface area contributed by atoms with E-state index < -0.39 is 0 Å². The zero-order valence-corrected chi connectivity index (χ0v) is 19.8. The van der Waals surface area contributed by atoms with Gasteiger partial charge in [0.05, 0.1) is 23.4 Å². The molecule has 5 rings (SSSR count). The number of amides is 2. The number of H-pyrrole nitrogens is 1. The molecule has 176 valence electrons. The molecule has 2 aromatic carbocycles. The lowest BCUT2D eigenvalue weighted by Crippen LogP contribution is -2.34. The highest BCUT2D eigenvalue weighted by atomic mass is 16.2. The Labute approximate surface area is 204 Å². The van der Waals surface area contributed by atoms with E-state index in [1.165, 1.54) is 0 Å². The van der Waals surface area contributed by atoms with Crippen molar-refractivity contribution >= 4 is 29.0 Å². The molecule has 2 amide bonds. The van der Waals surface area contributed by atoms with Crippen molar-refractivity contribution in [1.29, 1.82) is 0 Å². The van der Waals surface area contributed by atoms with Gasteiger partial charge < -0.3 is 20.5 Å². The fraction of sp³-hybridized carbons (Fsp3) is 0.179. The van der Waals surface area contributed by atoms with Crippen LogP contribution in [0.25, 0.3) is 11.3 Å². The number of benzene rings is 2. The van der Waals surface area contributed by atoms with Gasteiger partial charge in [-0.15, -0.1) is 0 Å². The molecule has 0 fully saturated rings. The number of likely N-dealkylation sites (N-methyl/N-ethyl adjacent to an activating group) is 1. The number of rotatable bonds is 6. The number of para-hydroxylation sites is 1. The minimum absolute atomic E-state index is 0.0204. The molecule has 0 atom stereocenters. The highest BCUT2D eigenvalue weighted by Crippen LogP contribution is 2.38. The molecule has 3 N–H and O–H groups in total. The number of aryl methyl sites for hydroxylation is 1. The number of carbonyl (C=O) groups excluding carboxylic acids is 2. The van der Waals surface area contributed by atoms with E-state index in [-0.39, 0.29) is 18.2 Å². The first-order valence-corrected chi connectivity index (χ1v) is 11.6. The van der Waals surface area contributed by atoms with Gasteiger partial charge in [-0.1, -0.05) is 48.0 Å².